The number of hydrogen-bond donors (Lipinski definition) is 3. The average Bonchev–Trinajstić information content (AvgIpc) is 2.52. The Morgan fingerprint density at radius 1 is 1.08 bits per heavy atom. The van der Waals surface area contributed by atoms with Crippen molar-refractivity contribution >= 4 is 11.9 Å². The molecule has 8 heteroatoms. The van der Waals surface area contributed by atoms with E-state index in [1.165, 1.54) is 0 Å². The van der Waals surface area contributed by atoms with Gasteiger partial charge in [-0.1, -0.05) is 30.3 Å². The molecule has 0 atom stereocenters. The maximum absolute atomic E-state index is 12.1. The van der Waals surface area contributed by atoms with E-state index in [0.717, 1.165) is 5.56 Å². The molecule has 1 amide bonds. The van der Waals surface area contributed by atoms with E-state index in [1.54, 1.807) is 6.92 Å². The van der Waals surface area contributed by atoms with Gasteiger partial charge in [0, 0.05) is 19.6 Å². The lowest BCUT2D eigenvalue weighted by Crippen LogP contribution is -2.40. The van der Waals surface area contributed by atoms with Gasteiger partial charge >= 0.3 is 6.18 Å². The summed E-state index contributed by atoms with van der Waals surface area (Å²) in [6.45, 7) is 2.34. The maximum Gasteiger partial charge on any atom is 0.390 e. The Morgan fingerprint density at radius 2 is 1.79 bits per heavy atom. The normalized spacial score (nSPS) is 11.9. The molecule has 0 bridgehead atoms. The number of alkyl halides is 3. The molecular formula is C16H23F3N4O. The van der Waals surface area contributed by atoms with Crippen LogP contribution in [0.15, 0.2) is 35.3 Å². The van der Waals surface area contributed by atoms with E-state index in [-0.39, 0.29) is 25.0 Å². The SMILES string of the molecule is CCNC(=NCC(=O)NCCc1ccccc1)NCCC(F)(F)F. The van der Waals surface area contributed by atoms with Crippen LogP contribution < -0.4 is 16.0 Å². The van der Waals surface area contributed by atoms with Crippen LogP contribution in [0.1, 0.15) is 18.9 Å². The van der Waals surface area contributed by atoms with Crippen molar-refractivity contribution in [2.75, 3.05) is 26.2 Å². The highest BCUT2D eigenvalue weighted by molar-refractivity contribution is 5.84. The fraction of sp³-hybridized carbons (Fsp3) is 0.500. The molecule has 0 saturated carbocycles. The second-order valence-electron chi connectivity index (χ2n) is 5.07. The number of aliphatic imine (C=N–C) groups is 1. The van der Waals surface area contributed by atoms with Crippen molar-refractivity contribution in [2.45, 2.75) is 25.9 Å². The number of hydrogen-bond acceptors (Lipinski definition) is 2. The molecule has 0 heterocycles. The van der Waals surface area contributed by atoms with E-state index in [1.807, 2.05) is 30.3 Å². The monoisotopic (exact) mass is 344 g/mol. The summed E-state index contributed by atoms with van der Waals surface area (Å²) < 4.78 is 36.4. The topological polar surface area (TPSA) is 65.5 Å². The number of benzene rings is 1. The molecule has 24 heavy (non-hydrogen) atoms. The Kier molecular flexibility index (Phi) is 8.67. The second-order valence-corrected chi connectivity index (χ2v) is 5.07. The number of carbonyl (C=O) groups is 1. The van der Waals surface area contributed by atoms with Gasteiger partial charge in [0.2, 0.25) is 5.91 Å². The minimum Gasteiger partial charge on any atom is -0.357 e. The number of rotatable bonds is 8. The highest BCUT2D eigenvalue weighted by Gasteiger charge is 2.26. The Labute approximate surface area is 139 Å². The van der Waals surface area contributed by atoms with Gasteiger partial charge in [-0.15, -0.1) is 0 Å². The summed E-state index contributed by atoms with van der Waals surface area (Å²) in [6.07, 6.45) is -4.47. The van der Waals surface area contributed by atoms with Gasteiger partial charge in [0.25, 0.3) is 0 Å². The van der Waals surface area contributed by atoms with Crippen LogP contribution in [-0.4, -0.2) is 44.2 Å². The Balaban J connectivity index is 2.31. The zero-order valence-electron chi connectivity index (χ0n) is 13.6. The van der Waals surface area contributed by atoms with Gasteiger partial charge in [0.1, 0.15) is 6.54 Å². The molecule has 0 fully saturated rings. The third-order valence-electron chi connectivity index (χ3n) is 3.00. The number of amides is 1. The summed E-state index contributed by atoms with van der Waals surface area (Å²) >= 11 is 0. The molecule has 3 N–H and O–H groups in total. The van der Waals surface area contributed by atoms with E-state index < -0.39 is 12.6 Å². The molecule has 1 aromatic rings. The van der Waals surface area contributed by atoms with Crippen LogP contribution >= 0.6 is 0 Å². The minimum absolute atomic E-state index is 0.143. The average molecular weight is 344 g/mol. The Hall–Kier alpha value is -2.25. The smallest absolute Gasteiger partial charge is 0.357 e. The molecule has 134 valence electrons. The molecule has 0 aliphatic heterocycles. The van der Waals surface area contributed by atoms with Crippen LogP contribution in [0.2, 0.25) is 0 Å². The van der Waals surface area contributed by atoms with Gasteiger partial charge < -0.3 is 16.0 Å². The van der Waals surface area contributed by atoms with Gasteiger partial charge in [-0.3, -0.25) is 4.79 Å². The molecule has 0 radical (unpaired) electrons. The van der Waals surface area contributed by atoms with Crippen molar-refractivity contribution in [1.82, 2.24) is 16.0 Å². The number of halogens is 3. The third kappa shape index (κ3) is 9.70. The van der Waals surface area contributed by atoms with E-state index in [0.29, 0.717) is 19.5 Å². The maximum atomic E-state index is 12.1. The van der Waals surface area contributed by atoms with Crippen LogP contribution in [0, 0.1) is 0 Å². The Morgan fingerprint density at radius 3 is 2.42 bits per heavy atom. The summed E-state index contributed by atoms with van der Waals surface area (Å²) in [5, 5.41) is 8.08. The molecule has 0 aromatic heterocycles. The van der Waals surface area contributed by atoms with Gasteiger partial charge in [0.05, 0.1) is 6.42 Å². The second kappa shape index (κ2) is 10.5. The van der Waals surface area contributed by atoms with Crippen molar-refractivity contribution in [2.24, 2.45) is 4.99 Å². The predicted octanol–water partition coefficient (Wildman–Crippen LogP) is 1.85. The first-order valence-electron chi connectivity index (χ1n) is 7.80. The lowest BCUT2D eigenvalue weighted by molar-refractivity contribution is -0.132. The van der Waals surface area contributed by atoms with Crippen molar-refractivity contribution in [3.05, 3.63) is 35.9 Å². The van der Waals surface area contributed by atoms with Gasteiger partial charge in [-0.2, -0.15) is 13.2 Å². The molecule has 0 spiro atoms. The number of nitrogens with zero attached hydrogens (tertiary/aromatic N) is 1. The van der Waals surface area contributed by atoms with E-state index >= 15 is 0 Å². The number of guanidine groups is 1. The summed E-state index contributed by atoms with van der Waals surface area (Å²) in [5.41, 5.74) is 1.11. The highest BCUT2D eigenvalue weighted by atomic mass is 19.4. The van der Waals surface area contributed by atoms with Crippen LogP contribution in [0.25, 0.3) is 0 Å². The third-order valence-corrected chi connectivity index (χ3v) is 3.00. The number of carbonyl (C=O) groups excluding carboxylic acids is 1. The summed E-state index contributed by atoms with van der Waals surface area (Å²) in [5.74, 6) is -0.0843. The van der Waals surface area contributed by atoms with E-state index in [4.69, 9.17) is 0 Å². The molecule has 5 nitrogen and oxygen atoms in total. The summed E-state index contributed by atoms with van der Waals surface area (Å²) in [4.78, 5) is 15.7. The van der Waals surface area contributed by atoms with Crippen LogP contribution in [0.3, 0.4) is 0 Å². The zero-order chi connectivity index (χ0) is 17.8. The van der Waals surface area contributed by atoms with E-state index in [9.17, 15) is 18.0 Å². The predicted molar refractivity (Wildman–Crippen MR) is 87.8 cm³/mol. The molecule has 1 aromatic carbocycles. The molecule has 0 aliphatic carbocycles. The lowest BCUT2D eigenvalue weighted by atomic mass is 10.1. The molecule has 1 rings (SSSR count). The van der Waals surface area contributed by atoms with Gasteiger partial charge in [-0.05, 0) is 18.9 Å². The first-order chi connectivity index (χ1) is 11.4. The highest BCUT2D eigenvalue weighted by Crippen LogP contribution is 2.17. The Bertz CT molecular complexity index is 518. The molecule has 0 saturated heterocycles. The first kappa shape index (κ1) is 19.8. The summed E-state index contributed by atoms with van der Waals surface area (Å²) in [6, 6.07) is 9.72. The summed E-state index contributed by atoms with van der Waals surface area (Å²) in [7, 11) is 0. The van der Waals surface area contributed by atoms with Crippen molar-refractivity contribution in [3.63, 3.8) is 0 Å². The quantitative estimate of drug-likeness (QED) is 0.498. The van der Waals surface area contributed by atoms with Crippen LogP contribution in [0.5, 0.6) is 0 Å². The fourth-order valence-corrected chi connectivity index (χ4v) is 1.86. The fourth-order valence-electron chi connectivity index (χ4n) is 1.86. The van der Waals surface area contributed by atoms with Crippen molar-refractivity contribution < 1.29 is 18.0 Å². The largest absolute Gasteiger partial charge is 0.390 e. The lowest BCUT2D eigenvalue weighted by Gasteiger charge is -2.12. The van der Waals surface area contributed by atoms with Gasteiger partial charge in [-0.25, -0.2) is 4.99 Å². The molecule has 0 unspecified atom stereocenters. The molecular weight excluding hydrogens is 321 g/mol. The van der Waals surface area contributed by atoms with Crippen molar-refractivity contribution in [1.29, 1.82) is 0 Å². The molecule has 0 aliphatic rings. The number of nitrogens with one attached hydrogen (secondary N) is 3. The zero-order valence-corrected chi connectivity index (χ0v) is 13.6. The van der Waals surface area contributed by atoms with Crippen LogP contribution in [-0.2, 0) is 11.2 Å². The van der Waals surface area contributed by atoms with Crippen molar-refractivity contribution in [3.8, 4) is 0 Å². The van der Waals surface area contributed by atoms with Crippen LogP contribution in [0.4, 0.5) is 13.2 Å². The standard InChI is InChI=1S/C16H23F3N4O/c1-2-20-15(22-11-9-16(17,18)19)23-12-14(24)21-10-8-13-6-4-3-5-7-13/h3-7H,2,8-12H2,1H3,(H,21,24)(H2,20,22,23). The minimum atomic E-state index is -4.22. The van der Waals surface area contributed by atoms with Gasteiger partial charge in [0.15, 0.2) is 5.96 Å². The van der Waals surface area contributed by atoms with E-state index in [2.05, 4.69) is 20.9 Å². The first-order valence-corrected chi connectivity index (χ1v) is 7.80.